The summed E-state index contributed by atoms with van der Waals surface area (Å²) in [5.41, 5.74) is 0.369. The van der Waals surface area contributed by atoms with Gasteiger partial charge in [0.15, 0.2) is 5.11 Å². The first-order valence-corrected chi connectivity index (χ1v) is 8.18. The number of non-ortho nitro benzene ring substituents is 1. The zero-order valence-electron chi connectivity index (χ0n) is 14.4. The minimum atomic E-state index is -0.634. The molecule has 1 aliphatic rings. The van der Waals surface area contributed by atoms with Crippen molar-refractivity contribution in [3.8, 4) is 11.5 Å². The number of methoxy groups -OCH3 is 1. The van der Waals surface area contributed by atoms with E-state index in [0.717, 1.165) is 12.1 Å². The molecular weight excluding hydrogens is 370 g/mol. The summed E-state index contributed by atoms with van der Waals surface area (Å²) in [5, 5.41) is 23.8. The predicted molar refractivity (Wildman–Crippen MR) is 101 cm³/mol. The Kier molecular flexibility index (Phi) is 4.78. The summed E-state index contributed by atoms with van der Waals surface area (Å²) >= 11 is 5.34. The van der Waals surface area contributed by atoms with Gasteiger partial charge in [0.1, 0.15) is 11.4 Å². The Hall–Kier alpha value is -3.46. The number of para-hydroxylation sites is 1. The van der Waals surface area contributed by atoms with Gasteiger partial charge in [-0.05, 0) is 36.0 Å². The zero-order valence-corrected chi connectivity index (χ0v) is 15.2. The van der Waals surface area contributed by atoms with Crippen LogP contribution in [-0.4, -0.2) is 35.0 Å². The molecule has 0 bridgehead atoms. The van der Waals surface area contributed by atoms with Gasteiger partial charge in [0, 0.05) is 13.1 Å². The van der Waals surface area contributed by atoms with Crippen LogP contribution in [0.25, 0.3) is 6.08 Å². The lowest BCUT2D eigenvalue weighted by Crippen LogP contribution is -2.30. The van der Waals surface area contributed by atoms with E-state index < -0.39 is 16.6 Å². The Bertz CT molecular complexity index is 974. The fraction of sp³-hybridized carbons (Fsp3) is 0.111. The van der Waals surface area contributed by atoms with Gasteiger partial charge in [-0.25, -0.2) is 0 Å². The summed E-state index contributed by atoms with van der Waals surface area (Å²) in [6, 6.07) is 11.0. The quantitative estimate of drug-likeness (QED) is 0.345. The van der Waals surface area contributed by atoms with Crippen molar-refractivity contribution in [2.75, 3.05) is 19.1 Å². The number of anilines is 1. The van der Waals surface area contributed by atoms with E-state index >= 15 is 0 Å². The lowest BCUT2D eigenvalue weighted by molar-refractivity contribution is -0.385. The van der Waals surface area contributed by atoms with E-state index in [9.17, 15) is 20.0 Å². The van der Waals surface area contributed by atoms with Gasteiger partial charge >= 0.3 is 0 Å². The fourth-order valence-electron chi connectivity index (χ4n) is 2.68. The van der Waals surface area contributed by atoms with Gasteiger partial charge in [-0.15, -0.1) is 0 Å². The van der Waals surface area contributed by atoms with Gasteiger partial charge < -0.3 is 14.7 Å². The van der Waals surface area contributed by atoms with Gasteiger partial charge in [-0.2, -0.15) is 0 Å². The molecule has 1 heterocycles. The van der Waals surface area contributed by atoms with Crippen molar-refractivity contribution in [1.29, 1.82) is 0 Å². The van der Waals surface area contributed by atoms with Gasteiger partial charge in [-0.1, -0.05) is 23.9 Å². The third-order valence-corrected chi connectivity index (χ3v) is 4.52. The normalized spacial score (nSPS) is 15.6. The van der Waals surface area contributed by atoms with E-state index in [4.69, 9.17) is 17.0 Å². The first-order valence-electron chi connectivity index (χ1n) is 7.77. The van der Waals surface area contributed by atoms with Gasteiger partial charge in [0.05, 0.1) is 23.8 Å². The molecule has 1 amide bonds. The van der Waals surface area contributed by atoms with E-state index in [1.165, 1.54) is 23.0 Å². The van der Waals surface area contributed by atoms with Crippen molar-refractivity contribution in [2.45, 2.75) is 0 Å². The van der Waals surface area contributed by atoms with Crippen LogP contribution in [0, 0.1) is 10.1 Å². The van der Waals surface area contributed by atoms with Crippen molar-refractivity contribution in [3.63, 3.8) is 0 Å². The Morgan fingerprint density at radius 1 is 1.22 bits per heavy atom. The molecule has 2 aromatic carbocycles. The van der Waals surface area contributed by atoms with E-state index in [0.29, 0.717) is 5.69 Å². The number of thiocarbonyl (C=S) groups is 1. The van der Waals surface area contributed by atoms with Crippen LogP contribution in [-0.2, 0) is 4.79 Å². The largest absolute Gasteiger partial charge is 0.870 e. The molecule has 0 saturated carbocycles. The van der Waals surface area contributed by atoms with Crippen molar-refractivity contribution < 1.29 is 19.6 Å². The summed E-state index contributed by atoms with van der Waals surface area (Å²) in [6.45, 7) is 0. The highest BCUT2D eigenvalue weighted by Gasteiger charge is 2.36. The maximum absolute atomic E-state index is 12.9. The number of amides is 1. The Morgan fingerprint density at radius 3 is 2.48 bits per heavy atom. The molecule has 1 aliphatic heterocycles. The van der Waals surface area contributed by atoms with Gasteiger partial charge in [0.25, 0.3) is 11.6 Å². The Morgan fingerprint density at radius 2 is 1.89 bits per heavy atom. The Labute approximate surface area is 160 Å². The minimum absolute atomic E-state index is 0.0334. The summed E-state index contributed by atoms with van der Waals surface area (Å²) in [4.78, 5) is 26.1. The monoisotopic (exact) mass is 384 g/mol. The number of carbonyl (C=O) groups is 1. The molecular formula is C18H14N3O5S-. The number of nitrogens with zero attached hydrogens (tertiary/aromatic N) is 3. The second kappa shape index (κ2) is 7.04. The topological polar surface area (TPSA) is 99.0 Å². The third-order valence-electron chi connectivity index (χ3n) is 4.07. The average molecular weight is 384 g/mol. The number of nitro groups is 1. The number of rotatable bonds is 4. The number of hydrogen-bond acceptors (Lipinski definition) is 6. The third kappa shape index (κ3) is 3.20. The zero-order chi connectivity index (χ0) is 19.7. The summed E-state index contributed by atoms with van der Waals surface area (Å²) in [5.74, 6) is -1.16. The highest BCUT2D eigenvalue weighted by Crippen LogP contribution is 2.35. The molecule has 0 N–H and O–H groups in total. The van der Waals surface area contributed by atoms with Crippen LogP contribution in [0.3, 0.4) is 0 Å². The molecule has 0 radical (unpaired) electrons. The summed E-state index contributed by atoms with van der Waals surface area (Å²) in [7, 11) is 2.84. The molecule has 0 spiro atoms. The van der Waals surface area contributed by atoms with E-state index in [1.54, 1.807) is 31.3 Å². The predicted octanol–water partition coefficient (Wildman–Crippen LogP) is 2.28. The van der Waals surface area contributed by atoms with E-state index in [-0.39, 0.29) is 27.8 Å². The molecule has 8 nitrogen and oxygen atoms in total. The molecule has 0 aromatic heterocycles. The van der Waals surface area contributed by atoms with Gasteiger partial charge in [-0.3, -0.25) is 19.8 Å². The average Bonchev–Trinajstić information content (AvgIpc) is 2.87. The molecule has 0 atom stereocenters. The smallest absolute Gasteiger partial charge is 0.281 e. The van der Waals surface area contributed by atoms with E-state index in [1.807, 2.05) is 6.07 Å². The number of carbonyl (C=O) groups excluding carboxylic acids is 1. The van der Waals surface area contributed by atoms with Crippen LogP contribution in [0.2, 0.25) is 0 Å². The molecule has 1 fully saturated rings. The summed E-state index contributed by atoms with van der Waals surface area (Å²) in [6.07, 6.45) is 1.29. The number of ether oxygens (including phenoxy) is 1. The lowest BCUT2D eigenvalue weighted by Gasteiger charge is -2.17. The number of likely N-dealkylation sites (N-methyl/N-ethyl adjacent to an activating group) is 1. The highest BCUT2D eigenvalue weighted by atomic mass is 32.1. The fourth-order valence-corrected chi connectivity index (χ4v) is 2.97. The second-order valence-corrected chi connectivity index (χ2v) is 6.04. The maximum atomic E-state index is 12.9. The van der Waals surface area contributed by atoms with Crippen LogP contribution in [0.5, 0.6) is 11.5 Å². The molecule has 3 rings (SSSR count). The maximum Gasteiger partial charge on any atom is 0.281 e. The summed E-state index contributed by atoms with van der Waals surface area (Å²) < 4.78 is 4.93. The van der Waals surface area contributed by atoms with Crippen LogP contribution in [0.1, 0.15) is 5.56 Å². The SMILES string of the molecule is COc1cc([N+](=O)[O-])cc(/C=C2/C(=O)N(c3ccccc3)C(=S)N2C)c1[O-]. The first kappa shape index (κ1) is 18.3. The number of benzene rings is 2. The first-order chi connectivity index (χ1) is 12.8. The van der Waals surface area contributed by atoms with Crippen LogP contribution in [0.15, 0.2) is 48.2 Å². The molecule has 0 unspecified atom stereocenters. The van der Waals surface area contributed by atoms with Gasteiger partial charge in [0.2, 0.25) is 0 Å². The Balaban J connectivity index is 2.10. The highest BCUT2D eigenvalue weighted by molar-refractivity contribution is 7.80. The molecule has 9 heteroatoms. The minimum Gasteiger partial charge on any atom is -0.870 e. The molecule has 2 aromatic rings. The van der Waals surface area contributed by atoms with Crippen molar-refractivity contribution in [1.82, 2.24) is 4.90 Å². The second-order valence-electron chi connectivity index (χ2n) is 5.67. The molecule has 138 valence electrons. The van der Waals surface area contributed by atoms with Crippen LogP contribution >= 0.6 is 12.2 Å². The standard InChI is InChI=1S/C18H15N3O5S/c1-19-14(17(23)20(18(19)27)12-6-4-3-5-7-12)9-11-8-13(21(24)25)10-15(26-2)16(11)22/h3-10,22H,1-2H3/p-1/b14-9-. The molecule has 1 saturated heterocycles. The van der Waals surface area contributed by atoms with Crippen molar-refractivity contribution >= 4 is 40.7 Å². The lowest BCUT2D eigenvalue weighted by atomic mass is 10.1. The molecule has 27 heavy (non-hydrogen) atoms. The van der Waals surface area contributed by atoms with Crippen molar-refractivity contribution in [2.24, 2.45) is 0 Å². The van der Waals surface area contributed by atoms with Crippen LogP contribution in [0.4, 0.5) is 11.4 Å². The number of hydrogen-bond donors (Lipinski definition) is 0. The molecule has 0 aliphatic carbocycles. The van der Waals surface area contributed by atoms with Crippen LogP contribution < -0.4 is 14.7 Å². The van der Waals surface area contributed by atoms with E-state index in [2.05, 4.69) is 0 Å². The van der Waals surface area contributed by atoms with Crippen molar-refractivity contribution in [3.05, 3.63) is 63.8 Å². The number of nitro benzene ring substituents is 1.